The molecule has 0 bridgehead atoms. The van der Waals surface area contributed by atoms with Gasteiger partial charge in [-0.2, -0.15) is 0 Å². The van der Waals surface area contributed by atoms with Crippen LogP contribution in [-0.4, -0.2) is 4.98 Å². The molecular formula is C20H13Cl2N. The van der Waals surface area contributed by atoms with Crippen LogP contribution in [0.5, 0.6) is 0 Å². The summed E-state index contributed by atoms with van der Waals surface area (Å²) in [6, 6.07) is 22.5. The van der Waals surface area contributed by atoms with Crippen molar-refractivity contribution in [3.05, 3.63) is 77.4 Å². The number of fused-ring (bicyclic) bond motifs is 2. The molecule has 1 aromatic heterocycles. The van der Waals surface area contributed by atoms with Gasteiger partial charge < -0.3 is 0 Å². The number of alkyl halides is 1. The minimum atomic E-state index is 0.434. The zero-order valence-electron chi connectivity index (χ0n) is 12.3. The maximum Gasteiger partial charge on any atom is 0.137 e. The molecule has 112 valence electrons. The molecule has 23 heavy (non-hydrogen) atoms. The molecule has 4 rings (SSSR count). The molecule has 1 nitrogen and oxygen atoms in total. The Morgan fingerprint density at radius 1 is 0.826 bits per heavy atom. The Bertz CT molecular complexity index is 1020. The lowest BCUT2D eigenvalue weighted by atomic mass is 9.94. The molecule has 3 aromatic carbocycles. The fraction of sp³-hybridized carbons (Fsp3) is 0.0500. The summed E-state index contributed by atoms with van der Waals surface area (Å²) >= 11 is 12.7. The third-order valence-corrected chi connectivity index (χ3v) is 4.68. The molecule has 0 saturated heterocycles. The molecular weight excluding hydrogens is 325 g/mol. The van der Waals surface area contributed by atoms with E-state index in [1.165, 1.54) is 5.39 Å². The first kappa shape index (κ1) is 14.5. The molecule has 0 unspecified atom stereocenters. The Labute approximate surface area is 144 Å². The van der Waals surface area contributed by atoms with Crippen molar-refractivity contribution < 1.29 is 0 Å². The molecule has 0 N–H and O–H groups in total. The van der Waals surface area contributed by atoms with E-state index in [0.29, 0.717) is 11.0 Å². The van der Waals surface area contributed by atoms with Crippen molar-refractivity contribution in [2.75, 3.05) is 0 Å². The summed E-state index contributed by atoms with van der Waals surface area (Å²) in [6.45, 7) is 0. The molecule has 1 heterocycles. The van der Waals surface area contributed by atoms with Gasteiger partial charge in [0.2, 0.25) is 0 Å². The third-order valence-electron chi connectivity index (χ3n) is 4.11. The number of hydrogen-bond acceptors (Lipinski definition) is 1. The van der Waals surface area contributed by atoms with Crippen molar-refractivity contribution in [1.82, 2.24) is 4.98 Å². The van der Waals surface area contributed by atoms with Crippen LogP contribution in [0.4, 0.5) is 0 Å². The van der Waals surface area contributed by atoms with Crippen LogP contribution >= 0.6 is 23.2 Å². The predicted octanol–water partition coefficient (Wildman–Crippen LogP) is 6.45. The molecule has 3 heteroatoms. The first-order chi connectivity index (χ1) is 11.3. The zero-order chi connectivity index (χ0) is 15.8. The number of aromatic nitrogens is 1. The molecule has 4 aromatic rings. The van der Waals surface area contributed by atoms with Crippen molar-refractivity contribution >= 4 is 44.9 Å². The van der Waals surface area contributed by atoms with Crippen LogP contribution in [0.3, 0.4) is 0 Å². The summed E-state index contributed by atoms with van der Waals surface area (Å²) in [4.78, 5) is 4.56. The highest BCUT2D eigenvalue weighted by molar-refractivity contribution is 6.33. The fourth-order valence-electron chi connectivity index (χ4n) is 3.01. The second kappa shape index (κ2) is 5.84. The Morgan fingerprint density at radius 3 is 2.39 bits per heavy atom. The van der Waals surface area contributed by atoms with E-state index in [-0.39, 0.29) is 0 Å². The molecule has 0 radical (unpaired) electrons. The maximum absolute atomic E-state index is 6.51. The fourth-order valence-corrected chi connectivity index (χ4v) is 3.48. The summed E-state index contributed by atoms with van der Waals surface area (Å²) in [7, 11) is 0. The third kappa shape index (κ3) is 2.46. The number of benzene rings is 3. The van der Waals surface area contributed by atoms with Crippen LogP contribution in [0.2, 0.25) is 5.15 Å². The highest BCUT2D eigenvalue weighted by Crippen LogP contribution is 2.37. The Morgan fingerprint density at radius 2 is 1.57 bits per heavy atom. The minimum absolute atomic E-state index is 0.434. The van der Waals surface area contributed by atoms with Crippen molar-refractivity contribution in [2.45, 2.75) is 5.88 Å². The number of para-hydroxylation sites is 1. The number of hydrogen-bond donors (Lipinski definition) is 0. The van der Waals surface area contributed by atoms with Gasteiger partial charge in [-0.05, 0) is 34.0 Å². The molecule has 0 aliphatic carbocycles. The van der Waals surface area contributed by atoms with Gasteiger partial charge >= 0.3 is 0 Å². The lowest BCUT2D eigenvalue weighted by Gasteiger charge is -2.14. The molecule has 0 fully saturated rings. The van der Waals surface area contributed by atoms with Crippen LogP contribution in [0, 0.1) is 0 Å². The Hall–Kier alpha value is -2.09. The second-order valence-corrected chi connectivity index (χ2v) is 6.10. The van der Waals surface area contributed by atoms with Gasteiger partial charge in [0, 0.05) is 16.8 Å². The quantitative estimate of drug-likeness (QED) is 0.302. The van der Waals surface area contributed by atoms with Crippen molar-refractivity contribution in [3.63, 3.8) is 0 Å². The van der Waals surface area contributed by atoms with Crippen LogP contribution in [0.15, 0.2) is 66.7 Å². The molecule has 0 aliphatic rings. The molecule has 0 saturated carbocycles. The molecule has 0 aliphatic heterocycles. The average molecular weight is 338 g/mol. The zero-order valence-corrected chi connectivity index (χ0v) is 13.8. The van der Waals surface area contributed by atoms with Gasteiger partial charge in [-0.1, -0.05) is 66.2 Å². The number of rotatable bonds is 2. The van der Waals surface area contributed by atoms with Crippen LogP contribution < -0.4 is 0 Å². The summed E-state index contributed by atoms with van der Waals surface area (Å²) in [6.07, 6.45) is 0. The van der Waals surface area contributed by atoms with E-state index in [9.17, 15) is 0 Å². The average Bonchev–Trinajstić information content (AvgIpc) is 2.60. The van der Waals surface area contributed by atoms with E-state index in [2.05, 4.69) is 35.3 Å². The van der Waals surface area contributed by atoms with E-state index < -0.39 is 0 Å². The van der Waals surface area contributed by atoms with E-state index >= 15 is 0 Å². The number of nitrogens with zero attached hydrogens (tertiary/aromatic N) is 1. The monoisotopic (exact) mass is 337 g/mol. The van der Waals surface area contributed by atoms with Gasteiger partial charge in [0.05, 0.1) is 5.52 Å². The van der Waals surface area contributed by atoms with Gasteiger partial charge in [0.1, 0.15) is 5.15 Å². The van der Waals surface area contributed by atoms with Crippen molar-refractivity contribution in [3.8, 4) is 11.1 Å². The van der Waals surface area contributed by atoms with Gasteiger partial charge in [-0.3, -0.25) is 0 Å². The van der Waals surface area contributed by atoms with Crippen LogP contribution in [-0.2, 0) is 5.88 Å². The van der Waals surface area contributed by atoms with E-state index in [1.807, 2.05) is 36.4 Å². The molecule has 0 atom stereocenters. The standard InChI is InChI=1S/C20H13Cl2N/c21-12-15-10-9-13-5-1-3-7-16(13)19(15)17-11-14-6-2-4-8-18(14)23-20(17)22/h1-11H,12H2. The van der Waals surface area contributed by atoms with E-state index in [1.54, 1.807) is 0 Å². The van der Waals surface area contributed by atoms with E-state index in [0.717, 1.165) is 33.0 Å². The Kier molecular flexibility index (Phi) is 3.68. The lowest BCUT2D eigenvalue weighted by Crippen LogP contribution is -1.92. The summed E-state index contributed by atoms with van der Waals surface area (Å²) in [5.41, 5.74) is 3.96. The normalized spacial score (nSPS) is 11.2. The van der Waals surface area contributed by atoms with Crippen LogP contribution in [0.25, 0.3) is 32.8 Å². The first-order valence-electron chi connectivity index (χ1n) is 7.40. The topological polar surface area (TPSA) is 12.9 Å². The predicted molar refractivity (Wildman–Crippen MR) is 99.3 cm³/mol. The summed E-state index contributed by atoms with van der Waals surface area (Å²) in [5.74, 6) is 0.434. The smallest absolute Gasteiger partial charge is 0.137 e. The Balaban J connectivity index is 2.11. The number of pyridine rings is 1. The molecule has 0 spiro atoms. The van der Waals surface area contributed by atoms with Crippen molar-refractivity contribution in [2.24, 2.45) is 0 Å². The maximum atomic E-state index is 6.51. The van der Waals surface area contributed by atoms with Gasteiger partial charge in [-0.25, -0.2) is 4.98 Å². The lowest BCUT2D eigenvalue weighted by molar-refractivity contribution is 1.38. The summed E-state index contributed by atoms with van der Waals surface area (Å²) < 4.78 is 0. The molecule has 0 amide bonds. The van der Waals surface area contributed by atoms with Gasteiger partial charge in [-0.15, -0.1) is 11.6 Å². The first-order valence-corrected chi connectivity index (χ1v) is 8.31. The summed E-state index contributed by atoms with van der Waals surface area (Å²) in [5, 5.41) is 3.89. The van der Waals surface area contributed by atoms with E-state index in [4.69, 9.17) is 23.2 Å². The number of halogens is 2. The van der Waals surface area contributed by atoms with Gasteiger partial charge in [0.15, 0.2) is 0 Å². The largest absolute Gasteiger partial charge is 0.235 e. The van der Waals surface area contributed by atoms with Crippen LogP contribution in [0.1, 0.15) is 5.56 Å². The minimum Gasteiger partial charge on any atom is -0.235 e. The highest BCUT2D eigenvalue weighted by Gasteiger charge is 2.14. The van der Waals surface area contributed by atoms with Crippen molar-refractivity contribution in [1.29, 1.82) is 0 Å². The second-order valence-electron chi connectivity index (χ2n) is 5.47. The SMILES string of the molecule is ClCc1ccc2ccccc2c1-c1cc2ccccc2nc1Cl. The van der Waals surface area contributed by atoms with Gasteiger partial charge in [0.25, 0.3) is 0 Å². The highest BCUT2D eigenvalue weighted by atomic mass is 35.5.